The van der Waals surface area contributed by atoms with E-state index >= 15 is 0 Å². The van der Waals surface area contributed by atoms with Crippen LogP contribution in [0.2, 0.25) is 0 Å². The predicted molar refractivity (Wildman–Crippen MR) is 36.0 cm³/mol. The van der Waals surface area contributed by atoms with Gasteiger partial charge in [0.2, 0.25) is 0 Å². The third-order valence-electron chi connectivity index (χ3n) is 0.552. The molecule has 0 fully saturated rings. The molecule has 0 aliphatic heterocycles. The Labute approximate surface area is 55.9 Å². The number of halogens is 1. The highest BCUT2D eigenvalue weighted by atomic mass is 35.5. The first-order valence-corrected chi connectivity index (χ1v) is 2.21. The Bertz CT molecular complexity index is 43.3. The minimum atomic E-state index is -0.699. The molecule has 0 aromatic carbocycles. The highest BCUT2D eigenvalue weighted by Crippen LogP contribution is 1.73. The van der Waals surface area contributed by atoms with E-state index in [1.165, 1.54) is 0 Å². The second-order valence-corrected chi connectivity index (χ2v) is 1.83. The van der Waals surface area contributed by atoms with E-state index in [4.69, 9.17) is 10.8 Å². The lowest BCUT2D eigenvalue weighted by Crippen LogP contribution is -2.32. The van der Waals surface area contributed by atoms with E-state index in [1.54, 1.807) is 0 Å². The Balaban J connectivity index is 0. The van der Waals surface area contributed by atoms with Crippen LogP contribution in [0.5, 0.6) is 0 Å². The number of hydrogen-bond donors (Lipinski definition) is 2. The van der Waals surface area contributed by atoms with Crippen molar-refractivity contribution in [2.24, 2.45) is 5.73 Å². The zero-order valence-electron chi connectivity index (χ0n) is 5.16. The summed E-state index contributed by atoms with van der Waals surface area (Å²) in [5.41, 5.74) is 5.01. The van der Waals surface area contributed by atoms with Crippen molar-refractivity contribution >= 4 is 12.4 Å². The van der Waals surface area contributed by atoms with Crippen LogP contribution in [0.15, 0.2) is 0 Å². The molecule has 0 saturated carbocycles. The number of likely N-dealkylation sites (N-methyl/N-ethyl adjacent to an activating group) is 1. The van der Waals surface area contributed by atoms with Crippen LogP contribution in [0.1, 0.15) is 0 Å². The highest BCUT2D eigenvalue weighted by molar-refractivity contribution is 5.85. The van der Waals surface area contributed by atoms with Crippen molar-refractivity contribution in [2.45, 2.75) is 6.23 Å². The summed E-state index contributed by atoms with van der Waals surface area (Å²) in [7, 11) is 3.71. The first kappa shape index (κ1) is 11.0. The standard InChI is InChI=1S/C4H12N2O.ClH/c1-6(2)3-4(5)7;/h4,7H,3,5H2,1-2H3;1H. The number of nitrogens with zero attached hydrogens (tertiary/aromatic N) is 1. The van der Waals surface area contributed by atoms with Crippen LogP contribution in [0.25, 0.3) is 0 Å². The van der Waals surface area contributed by atoms with Gasteiger partial charge in [0.25, 0.3) is 0 Å². The first-order valence-electron chi connectivity index (χ1n) is 2.21. The van der Waals surface area contributed by atoms with Gasteiger partial charge in [-0.1, -0.05) is 0 Å². The van der Waals surface area contributed by atoms with Crippen molar-refractivity contribution < 1.29 is 5.11 Å². The Morgan fingerprint density at radius 1 is 1.62 bits per heavy atom. The second-order valence-electron chi connectivity index (χ2n) is 1.83. The smallest absolute Gasteiger partial charge is 0.115 e. The summed E-state index contributed by atoms with van der Waals surface area (Å²) in [5, 5.41) is 8.46. The number of nitrogens with two attached hydrogens (primary N) is 1. The molecule has 1 atom stereocenters. The molecule has 3 N–H and O–H groups in total. The van der Waals surface area contributed by atoms with E-state index < -0.39 is 6.23 Å². The van der Waals surface area contributed by atoms with Gasteiger partial charge in [0.15, 0.2) is 0 Å². The van der Waals surface area contributed by atoms with E-state index in [0.717, 1.165) is 0 Å². The average molecular weight is 141 g/mol. The molecule has 4 heteroatoms. The largest absolute Gasteiger partial charge is 0.377 e. The third kappa shape index (κ3) is 9.48. The van der Waals surface area contributed by atoms with Crippen molar-refractivity contribution in [3.63, 3.8) is 0 Å². The minimum Gasteiger partial charge on any atom is -0.377 e. The van der Waals surface area contributed by atoms with Crippen LogP contribution >= 0.6 is 12.4 Å². The van der Waals surface area contributed by atoms with Crippen molar-refractivity contribution in [2.75, 3.05) is 20.6 Å². The van der Waals surface area contributed by atoms with Crippen LogP contribution in [0, 0.1) is 0 Å². The van der Waals surface area contributed by atoms with Gasteiger partial charge in [0.05, 0.1) is 0 Å². The predicted octanol–water partition coefficient (Wildman–Crippen LogP) is -0.753. The number of rotatable bonds is 2. The van der Waals surface area contributed by atoms with Gasteiger partial charge < -0.3 is 15.7 Å². The van der Waals surface area contributed by atoms with Gasteiger partial charge in [0, 0.05) is 6.54 Å². The zero-order valence-corrected chi connectivity index (χ0v) is 5.98. The Morgan fingerprint density at radius 2 is 2.00 bits per heavy atom. The maximum Gasteiger partial charge on any atom is 0.115 e. The Hall–Kier alpha value is 0.170. The molecule has 0 aromatic heterocycles. The molecule has 0 bridgehead atoms. The van der Waals surface area contributed by atoms with Crippen molar-refractivity contribution in [3.8, 4) is 0 Å². The highest BCUT2D eigenvalue weighted by Gasteiger charge is 1.93. The zero-order chi connectivity index (χ0) is 5.86. The van der Waals surface area contributed by atoms with Crippen molar-refractivity contribution in [1.29, 1.82) is 0 Å². The summed E-state index contributed by atoms with van der Waals surface area (Å²) in [6.07, 6.45) is -0.699. The molecule has 52 valence electrons. The van der Waals surface area contributed by atoms with E-state index in [0.29, 0.717) is 6.54 Å². The summed E-state index contributed by atoms with van der Waals surface area (Å²) in [6, 6.07) is 0. The van der Waals surface area contributed by atoms with Gasteiger partial charge >= 0.3 is 0 Å². The average Bonchev–Trinajstić information content (AvgIpc) is 1.27. The summed E-state index contributed by atoms with van der Waals surface area (Å²) >= 11 is 0. The van der Waals surface area contributed by atoms with Crippen LogP contribution in [0.3, 0.4) is 0 Å². The minimum absolute atomic E-state index is 0. The molecule has 0 spiro atoms. The molecular weight excluding hydrogens is 128 g/mol. The molecule has 8 heavy (non-hydrogen) atoms. The van der Waals surface area contributed by atoms with E-state index in [9.17, 15) is 0 Å². The van der Waals surface area contributed by atoms with Gasteiger partial charge in [0.1, 0.15) is 6.23 Å². The maximum atomic E-state index is 8.46. The molecule has 1 unspecified atom stereocenters. The van der Waals surface area contributed by atoms with Gasteiger partial charge in [-0.2, -0.15) is 0 Å². The Kier molecular flexibility index (Phi) is 7.32. The number of aliphatic hydroxyl groups is 1. The molecular formula is C4H13ClN2O. The van der Waals surface area contributed by atoms with Crippen LogP contribution in [-0.4, -0.2) is 36.9 Å². The first-order chi connectivity index (χ1) is 3.13. The monoisotopic (exact) mass is 140 g/mol. The number of aliphatic hydroxyl groups excluding tert-OH is 1. The Morgan fingerprint density at radius 3 is 2.00 bits per heavy atom. The SMILES string of the molecule is CN(C)CC(N)O.Cl. The van der Waals surface area contributed by atoms with Crippen LogP contribution in [-0.2, 0) is 0 Å². The lowest BCUT2D eigenvalue weighted by atomic mass is 10.5. The van der Waals surface area contributed by atoms with Gasteiger partial charge in [-0.05, 0) is 14.1 Å². The lowest BCUT2D eigenvalue weighted by Gasteiger charge is -2.10. The maximum absolute atomic E-state index is 8.46. The fourth-order valence-corrected chi connectivity index (χ4v) is 0.374. The molecule has 3 nitrogen and oxygen atoms in total. The molecule has 0 saturated heterocycles. The van der Waals surface area contributed by atoms with Crippen LogP contribution in [0.4, 0.5) is 0 Å². The van der Waals surface area contributed by atoms with E-state index in [2.05, 4.69) is 0 Å². The third-order valence-corrected chi connectivity index (χ3v) is 0.552. The molecule has 0 amide bonds. The van der Waals surface area contributed by atoms with Gasteiger partial charge in [-0.15, -0.1) is 12.4 Å². The molecule has 0 heterocycles. The summed E-state index contributed by atoms with van der Waals surface area (Å²) in [6.45, 7) is 0.528. The van der Waals surface area contributed by atoms with Gasteiger partial charge in [-0.3, -0.25) is 0 Å². The van der Waals surface area contributed by atoms with Crippen LogP contribution < -0.4 is 5.73 Å². The summed E-state index contributed by atoms with van der Waals surface area (Å²) in [5.74, 6) is 0. The molecule has 0 aromatic rings. The second kappa shape index (κ2) is 5.31. The topological polar surface area (TPSA) is 49.5 Å². The molecule has 0 radical (unpaired) electrons. The van der Waals surface area contributed by atoms with Crippen molar-refractivity contribution in [3.05, 3.63) is 0 Å². The quantitative estimate of drug-likeness (QED) is 0.497. The fraction of sp³-hybridized carbons (Fsp3) is 1.00. The number of hydrogen-bond acceptors (Lipinski definition) is 3. The van der Waals surface area contributed by atoms with E-state index in [-0.39, 0.29) is 12.4 Å². The summed E-state index contributed by atoms with van der Waals surface area (Å²) in [4.78, 5) is 1.82. The summed E-state index contributed by atoms with van der Waals surface area (Å²) < 4.78 is 0. The lowest BCUT2D eigenvalue weighted by molar-refractivity contribution is 0.143. The molecule has 0 aliphatic carbocycles. The molecule has 0 aliphatic rings. The fourth-order valence-electron chi connectivity index (χ4n) is 0.374. The van der Waals surface area contributed by atoms with Gasteiger partial charge in [-0.25, -0.2) is 0 Å². The normalized spacial score (nSPS) is 13.1. The molecule has 0 rings (SSSR count). The van der Waals surface area contributed by atoms with Crippen molar-refractivity contribution in [1.82, 2.24) is 4.90 Å². The van der Waals surface area contributed by atoms with E-state index in [1.807, 2.05) is 19.0 Å².